The third-order valence-electron chi connectivity index (χ3n) is 3.73. The molecule has 2 aromatic rings. The molecule has 0 aliphatic carbocycles. The first-order valence-corrected chi connectivity index (χ1v) is 9.84. The van der Waals surface area contributed by atoms with E-state index in [1.807, 2.05) is 25.3 Å². The highest BCUT2D eigenvalue weighted by molar-refractivity contribution is 7.12. The van der Waals surface area contributed by atoms with Crippen LogP contribution in [-0.2, 0) is 4.79 Å². The molecule has 1 aromatic heterocycles. The molecule has 0 aliphatic rings. The van der Waals surface area contributed by atoms with Gasteiger partial charge in [0.1, 0.15) is 0 Å². The zero-order valence-electron chi connectivity index (χ0n) is 15.6. The van der Waals surface area contributed by atoms with Crippen LogP contribution >= 0.6 is 11.3 Å². The van der Waals surface area contributed by atoms with Gasteiger partial charge in [-0.25, -0.2) is 0 Å². The fourth-order valence-corrected chi connectivity index (χ4v) is 2.98. The Kier molecular flexibility index (Phi) is 8.00. The van der Waals surface area contributed by atoms with E-state index in [-0.39, 0.29) is 24.1 Å². The van der Waals surface area contributed by atoms with Crippen LogP contribution in [-0.4, -0.2) is 30.8 Å². The first-order chi connectivity index (χ1) is 13.0. The summed E-state index contributed by atoms with van der Waals surface area (Å²) in [5.41, 5.74) is 0.934. The largest absolute Gasteiger partial charge is 0.352 e. The molecule has 0 unspecified atom stereocenters. The maximum absolute atomic E-state index is 12.3. The van der Waals surface area contributed by atoms with Crippen LogP contribution in [0.1, 0.15) is 46.7 Å². The van der Waals surface area contributed by atoms with E-state index in [4.69, 9.17) is 0 Å². The van der Waals surface area contributed by atoms with Crippen molar-refractivity contribution in [2.75, 3.05) is 18.4 Å². The van der Waals surface area contributed by atoms with Crippen molar-refractivity contribution in [3.05, 3.63) is 52.2 Å². The summed E-state index contributed by atoms with van der Waals surface area (Å²) in [4.78, 5) is 36.9. The molecule has 6 nitrogen and oxygen atoms in total. The highest BCUT2D eigenvalue weighted by atomic mass is 32.1. The van der Waals surface area contributed by atoms with Gasteiger partial charge in [-0.15, -0.1) is 11.3 Å². The molecule has 1 heterocycles. The lowest BCUT2D eigenvalue weighted by atomic mass is 10.1. The Labute approximate surface area is 163 Å². The van der Waals surface area contributed by atoms with Crippen molar-refractivity contribution in [1.82, 2.24) is 10.6 Å². The Morgan fingerprint density at radius 2 is 1.78 bits per heavy atom. The van der Waals surface area contributed by atoms with Crippen LogP contribution in [0.25, 0.3) is 0 Å². The van der Waals surface area contributed by atoms with Crippen LogP contribution in [0.5, 0.6) is 0 Å². The quantitative estimate of drug-likeness (QED) is 0.577. The minimum Gasteiger partial charge on any atom is -0.352 e. The number of amides is 3. The van der Waals surface area contributed by atoms with Crippen molar-refractivity contribution in [1.29, 1.82) is 0 Å². The second kappa shape index (κ2) is 10.5. The predicted molar refractivity (Wildman–Crippen MR) is 108 cm³/mol. The molecule has 144 valence electrons. The molecule has 0 atom stereocenters. The van der Waals surface area contributed by atoms with E-state index in [2.05, 4.69) is 16.0 Å². The standard InChI is InChI=1S/C20H25N3O3S/c1-14(2)13-22-19(25)15-7-3-4-8-16(15)23-18(24)10-5-11-21-20(26)17-9-6-12-27-17/h3-4,6-9,12,14H,5,10-11,13H2,1-2H3,(H,21,26)(H,22,25)(H,23,24). The Balaban J connectivity index is 1.80. The smallest absolute Gasteiger partial charge is 0.261 e. The molecular weight excluding hydrogens is 362 g/mol. The number of para-hydroxylation sites is 1. The summed E-state index contributed by atoms with van der Waals surface area (Å²) in [5.74, 6) is -0.176. The number of carbonyl (C=O) groups excluding carboxylic acids is 3. The second-order valence-electron chi connectivity index (χ2n) is 6.53. The van der Waals surface area contributed by atoms with Crippen LogP contribution in [0.15, 0.2) is 41.8 Å². The second-order valence-corrected chi connectivity index (χ2v) is 7.48. The molecule has 7 heteroatoms. The first-order valence-electron chi connectivity index (χ1n) is 8.96. The number of rotatable bonds is 9. The van der Waals surface area contributed by atoms with Gasteiger partial charge in [-0.3, -0.25) is 14.4 Å². The van der Waals surface area contributed by atoms with Gasteiger partial charge in [-0.2, -0.15) is 0 Å². The third-order valence-corrected chi connectivity index (χ3v) is 4.60. The fourth-order valence-electron chi connectivity index (χ4n) is 2.34. The average molecular weight is 388 g/mol. The molecule has 3 amide bonds. The summed E-state index contributed by atoms with van der Waals surface area (Å²) in [5, 5.41) is 10.3. The van der Waals surface area contributed by atoms with Crippen molar-refractivity contribution < 1.29 is 14.4 Å². The lowest BCUT2D eigenvalue weighted by Gasteiger charge is -2.12. The molecule has 2 rings (SSSR count). The summed E-state index contributed by atoms with van der Waals surface area (Å²) in [6, 6.07) is 10.5. The summed E-state index contributed by atoms with van der Waals surface area (Å²) in [6.45, 7) is 5.03. The maximum atomic E-state index is 12.3. The minimum absolute atomic E-state index is 0.127. The van der Waals surface area contributed by atoms with Crippen LogP contribution in [0, 0.1) is 5.92 Å². The Bertz CT molecular complexity index is 773. The molecule has 0 saturated carbocycles. The van der Waals surface area contributed by atoms with Gasteiger partial charge in [0.05, 0.1) is 16.1 Å². The number of carbonyl (C=O) groups is 3. The highest BCUT2D eigenvalue weighted by Gasteiger charge is 2.13. The number of benzene rings is 1. The van der Waals surface area contributed by atoms with Gasteiger partial charge in [0.2, 0.25) is 5.91 Å². The van der Waals surface area contributed by atoms with Crippen LogP contribution in [0.4, 0.5) is 5.69 Å². The molecule has 0 fully saturated rings. The van der Waals surface area contributed by atoms with Crippen molar-refractivity contribution in [3.8, 4) is 0 Å². The molecule has 3 N–H and O–H groups in total. The molecule has 0 saturated heterocycles. The number of nitrogens with one attached hydrogen (secondary N) is 3. The highest BCUT2D eigenvalue weighted by Crippen LogP contribution is 2.15. The average Bonchev–Trinajstić information content (AvgIpc) is 3.18. The Hall–Kier alpha value is -2.67. The van der Waals surface area contributed by atoms with E-state index >= 15 is 0 Å². The number of hydrogen-bond acceptors (Lipinski definition) is 4. The van der Waals surface area contributed by atoms with Crippen LogP contribution < -0.4 is 16.0 Å². The maximum Gasteiger partial charge on any atom is 0.261 e. The summed E-state index contributed by atoms with van der Waals surface area (Å²) in [6.07, 6.45) is 0.775. The van der Waals surface area contributed by atoms with Gasteiger partial charge in [-0.05, 0) is 35.9 Å². The van der Waals surface area contributed by atoms with Gasteiger partial charge < -0.3 is 16.0 Å². The topological polar surface area (TPSA) is 87.3 Å². The molecule has 27 heavy (non-hydrogen) atoms. The van der Waals surface area contributed by atoms with Gasteiger partial charge in [0.15, 0.2) is 0 Å². The molecule has 1 aromatic carbocycles. The van der Waals surface area contributed by atoms with Crippen molar-refractivity contribution in [3.63, 3.8) is 0 Å². The van der Waals surface area contributed by atoms with Crippen molar-refractivity contribution >= 4 is 34.7 Å². The third kappa shape index (κ3) is 6.86. The van der Waals surface area contributed by atoms with Crippen LogP contribution in [0.3, 0.4) is 0 Å². The zero-order chi connectivity index (χ0) is 19.6. The Morgan fingerprint density at radius 1 is 1.00 bits per heavy atom. The molecular formula is C20H25N3O3S. The first kappa shape index (κ1) is 20.6. The minimum atomic E-state index is -0.206. The molecule has 0 radical (unpaired) electrons. The SMILES string of the molecule is CC(C)CNC(=O)c1ccccc1NC(=O)CCCNC(=O)c1cccs1. The van der Waals surface area contributed by atoms with Crippen molar-refractivity contribution in [2.45, 2.75) is 26.7 Å². The van der Waals surface area contributed by atoms with E-state index in [0.717, 1.165) is 0 Å². The zero-order valence-corrected chi connectivity index (χ0v) is 16.4. The van der Waals surface area contributed by atoms with E-state index < -0.39 is 0 Å². The summed E-state index contributed by atoms with van der Waals surface area (Å²) in [7, 11) is 0. The van der Waals surface area contributed by atoms with Gasteiger partial charge in [0.25, 0.3) is 11.8 Å². The predicted octanol–water partition coefficient (Wildman–Crippen LogP) is 3.28. The van der Waals surface area contributed by atoms with Gasteiger partial charge in [0, 0.05) is 19.5 Å². The van der Waals surface area contributed by atoms with Crippen LogP contribution in [0.2, 0.25) is 0 Å². The lowest BCUT2D eigenvalue weighted by molar-refractivity contribution is -0.116. The van der Waals surface area contributed by atoms with Gasteiger partial charge in [-0.1, -0.05) is 32.0 Å². The fraction of sp³-hybridized carbons (Fsp3) is 0.350. The summed E-state index contributed by atoms with van der Waals surface area (Å²) < 4.78 is 0. The molecule has 0 aliphatic heterocycles. The summed E-state index contributed by atoms with van der Waals surface area (Å²) >= 11 is 1.38. The van der Waals surface area contributed by atoms with E-state index in [1.54, 1.807) is 30.3 Å². The lowest BCUT2D eigenvalue weighted by Crippen LogP contribution is -2.28. The van der Waals surface area contributed by atoms with E-state index in [0.29, 0.717) is 41.6 Å². The van der Waals surface area contributed by atoms with E-state index in [9.17, 15) is 14.4 Å². The number of anilines is 1. The van der Waals surface area contributed by atoms with E-state index in [1.165, 1.54) is 11.3 Å². The molecule has 0 spiro atoms. The molecule has 0 bridgehead atoms. The van der Waals surface area contributed by atoms with Crippen molar-refractivity contribution in [2.24, 2.45) is 5.92 Å². The normalized spacial score (nSPS) is 10.5. The monoisotopic (exact) mass is 387 g/mol. The number of thiophene rings is 1. The van der Waals surface area contributed by atoms with Gasteiger partial charge >= 0.3 is 0 Å². The Morgan fingerprint density at radius 3 is 2.48 bits per heavy atom. The number of hydrogen-bond donors (Lipinski definition) is 3.